The Labute approximate surface area is 103 Å². The maximum absolute atomic E-state index is 10.8. The van der Waals surface area contributed by atoms with Crippen molar-refractivity contribution in [1.82, 2.24) is 9.97 Å². The number of hydrogen-bond acceptors (Lipinski definition) is 6. The van der Waals surface area contributed by atoms with Crippen LogP contribution in [-0.4, -0.2) is 39.1 Å². The molecule has 1 N–H and O–H groups in total. The van der Waals surface area contributed by atoms with Crippen molar-refractivity contribution in [1.29, 1.82) is 0 Å². The van der Waals surface area contributed by atoms with Gasteiger partial charge >= 0.3 is 11.7 Å². The average Bonchev–Trinajstić information content (AvgIpc) is 2.35. The SMILES string of the molecule is CCN(CC(C)C(=O)O)c1ncc([N+](=O)[O-])cn1. The zero-order valence-electron chi connectivity index (χ0n) is 10.1. The number of carboxylic acids is 1. The van der Waals surface area contributed by atoms with E-state index in [0.29, 0.717) is 6.54 Å². The van der Waals surface area contributed by atoms with Crippen LogP contribution in [0.2, 0.25) is 0 Å². The van der Waals surface area contributed by atoms with E-state index in [1.165, 1.54) is 0 Å². The monoisotopic (exact) mass is 254 g/mol. The first-order valence-corrected chi connectivity index (χ1v) is 5.39. The molecule has 0 bridgehead atoms. The Balaban J connectivity index is 2.82. The zero-order chi connectivity index (χ0) is 13.7. The van der Waals surface area contributed by atoms with Crippen LogP contribution in [0.4, 0.5) is 11.6 Å². The maximum Gasteiger partial charge on any atom is 0.308 e. The second-order valence-electron chi connectivity index (χ2n) is 3.78. The first kappa shape index (κ1) is 13.8. The maximum atomic E-state index is 10.8. The van der Waals surface area contributed by atoms with Crippen LogP contribution in [0.5, 0.6) is 0 Å². The van der Waals surface area contributed by atoms with E-state index in [2.05, 4.69) is 9.97 Å². The highest BCUT2D eigenvalue weighted by atomic mass is 16.6. The highest BCUT2D eigenvalue weighted by Crippen LogP contribution is 2.13. The number of nitro groups is 1. The molecule has 18 heavy (non-hydrogen) atoms. The van der Waals surface area contributed by atoms with Gasteiger partial charge in [-0.05, 0) is 6.92 Å². The minimum absolute atomic E-state index is 0.193. The number of carbonyl (C=O) groups is 1. The van der Waals surface area contributed by atoms with E-state index in [-0.39, 0.29) is 18.2 Å². The molecule has 0 aliphatic heterocycles. The van der Waals surface area contributed by atoms with Crippen molar-refractivity contribution in [3.8, 4) is 0 Å². The summed E-state index contributed by atoms with van der Waals surface area (Å²) in [6.07, 6.45) is 2.22. The second-order valence-corrected chi connectivity index (χ2v) is 3.78. The topological polar surface area (TPSA) is 109 Å². The van der Waals surface area contributed by atoms with Gasteiger partial charge in [0.1, 0.15) is 12.4 Å². The Kier molecular flexibility index (Phi) is 4.52. The van der Waals surface area contributed by atoms with Crippen molar-refractivity contribution in [2.75, 3.05) is 18.0 Å². The van der Waals surface area contributed by atoms with Gasteiger partial charge in [0.15, 0.2) is 0 Å². The van der Waals surface area contributed by atoms with Crippen LogP contribution in [0.15, 0.2) is 12.4 Å². The fourth-order valence-corrected chi connectivity index (χ4v) is 1.33. The van der Waals surface area contributed by atoms with Crippen LogP contribution >= 0.6 is 0 Å². The summed E-state index contributed by atoms with van der Waals surface area (Å²) in [5.74, 6) is -1.18. The molecule has 0 spiro atoms. The van der Waals surface area contributed by atoms with Crippen LogP contribution in [0.25, 0.3) is 0 Å². The number of aromatic nitrogens is 2. The van der Waals surface area contributed by atoms with Crippen LogP contribution in [0.3, 0.4) is 0 Å². The van der Waals surface area contributed by atoms with Gasteiger partial charge in [0.25, 0.3) is 0 Å². The van der Waals surface area contributed by atoms with Gasteiger partial charge in [0.05, 0.1) is 10.8 Å². The fraction of sp³-hybridized carbons (Fsp3) is 0.500. The van der Waals surface area contributed by atoms with Gasteiger partial charge in [-0.2, -0.15) is 0 Å². The summed E-state index contributed by atoms with van der Waals surface area (Å²) in [7, 11) is 0. The molecule has 1 aromatic rings. The third-order valence-electron chi connectivity index (χ3n) is 2.42. The molecule has 1 aromatic heterocycles. The van der Waals surface area contributed by atoms with Crippen molar-refractivity contribution < 1.29 is 14.8 Å². The molecular formula is C10H14N4O4. The Morgan fingerprint density at radius 1 is 1.56 bits per heavy atom. The van der Waals surface area contributed by atoms with Crippen molar-refractivity contribution >= 4 is 17.6 Å². The molecule has 8 heteroatoms. The summed E-state index contributed by atoms with van der Waals surface area (Å²) in [6, 6.07) is 0. The molecule has 0 aromatic carbocycles. The molecular weight excluding hydrogens is 240 g/mol. The van der Waals surface area contributed by atoms with E-state index in [1.807, 2.05) is 6.92 Å². The van der Waals surface area contributed by atoms with Crippen LogP contribution in [0, 0.1) is 16.0 Å². The minimum atomic E-state index is -0.907. The minimum Gasteiger partial charge on any atom is -0.481 e. The van der Waals surface area contributed by atoms with E-state index in [4.69, 9.17) is 5.11 Å². The van der Waals surface area contributed by atoms with E-state index in [1.54, 1.807) is 11.8 Å². The zero-order valence-corrected chi connectivity index (χ0v) is 10.1. The Hall–Kier alpha value is -2.25. The molecule has 0 saturated heterocycles. The third-order valence-corrected chi connectivity index (χ3v) is 2.42. The molecule has 0 amide bonds. The molecule has 1 atom stereocenters. The highest BCUT2D eigenvalue weighted by Gasteiger charge is 2.18. The quantitative estimate of drug-likeness (QED) is 0.594. The summed E-state index contributed by atoms with van der Waals surface area (Å²) in [4.78, 5) is 30.0. The van der Waals surface area contributed by atoms with Gasteiger partial charge in [0, 0.05) is 13.1 Å². The molecule has 0 saturated carbocycles. The summed E-state index contributed by atoms with van der Waals surface area (Å²) in [5.41, 5.74) is -0.193. The molecule has 0 fully saturated rings. The lowest BCUT2D eigenvalue weighted by Crippen LogP contribution is -2.32. The van der Waals surface area contributed by atoms with Gasteiger partial charge < -0.3 is 10.0 Å². The smallest absolute Gasteiger partial charge is 0.308 e. The van der Waals surface area contributed by atoms with E-state index < -0.39 is 16.8 Å². The molecule has 0 aliphatic carbocycles. The largest absolute Gasteiger partial charge is 0.481 e. The third kappa shape index (κ3) is 3.37. The first-order valence-electron chi connectivity index (χ1n) is 5.39. The standard InChI is InChI=1S/C10H14N4O4/c1-3-13(6-7(2)9(15)16)10-11-4-8(5-12-10)14(17)18/h4-5,7H,3,6H2,1-2H3,(H,15,16). The number of hydrogen-bond donors (Lipinski definition) is 1. The van der Waals surface area contributed by atoms with Gasteiger partial charge in [0.2, 0.25) is 5.95 Å². The second kappa shape index (κ2) is 5.89. The summed E-state index contributed by atoms with van der Waals surface area (Å²) in [5, 5.41) is 19.3. The lowest BCUT2D eigenvalue weighted by molar-refractivity contribution is -0.385. The van der Waals surface area contributed by atoms with Gasteiger partial charge in [-0.1, -0.05) is 6.92 Å². The highest BCUT2D eigenvalue weighted by molar-refractivity contribution is 5.70. The molecule has 0 aliphatic rings. The Bertz CT molecular complexity index is 434. The number of anilines is 1. The van der Waals surface area contributed by atoms with Crippen molar-refractivity contribution in [2.45, 2.75) is 13.8 Å². The van der Waals surface area contributed by atoms with Gasteiger partial charge in [-0.3, -0.25) is 14.9 Å². The molecule has 1 unspecified atom stereocenters. The van der Waals surface area contributed by atoms with Gasteiger partial charge in [-0.15, -0.1) is 0 Å². The lowest BCUT2D eigenvalue weighted by Gasteiger charge is -2.22. The van der Waals surface area contributed by atoms with E-state index in [9.17, 15) is 14.9 Å². The molecule has 8 nitrogen and oxygen atoms in total. The average molecular weight is 254 g/mol. The van der Waals surface area contributed by atoms with Crippen LogP contribution in [-0.2, 0) is 4.79 Å². The molecule has 1 rings (SSSR count). The first-order chi connectivity index (χ1) is 8.45. The molecule has 0 radical (unpaired) electrons. The normalized spacial score (nSPS) is 11.9. The summed E-state index contributed by atoms with van der Waals surface area (Å²) < 4.78 is 0. The lowest BCUT2D eigenvalue weighted by atomic mass is 10.2. The fourth-order valence-electron chi connectivity index (χ4n) is 1.33. The van der Waals surface area contributed by atoms with Crippen molar-refractivity contribution in [3.05, 3.63) is 22.5 Å². The van der Waals surface area contributed by atoms with Crippen LogP contribution < -0.4 is 4.90 Å². The van der Waals surface area contributed by atoms with Crippen molar-refractivity contribution in [3.63, 3.8) is 0 Å². The number of nitrogens with zero attached hydrogens (tertiary/aromatic N) is 4. The molecule has 1 heterocycles. The number of carboxylic acid groups (broad SMARTS) is 1. The Morgan fingerprint density at radius 3 is 2.50 bits per heavy atom. The Morgan fingerprint density at radius 2 is 2.11 bits per heavy atom. The predicted molar refractivity (Wildman–Crippen MR) is 63.4 cm³/mol. The van der Waals surface area contributed by atoms with E-state index >= 15 is 0 Å². The number of rotatable bonds is 6. The van der Waals surface area contributed by atoms with Gasteiger partial charge in [-0.25, -0.2) is 9.97 Å². The summed E-state index contributed by atoms with van der Waals surface area (Å²) >= 11 is 0. The molecule has 98 valence electrons. The van der Waals surface area contributed by atoms with Crippen molar-refractivity contribution in [2.24, 2.45) is 5.92 Å². The predicted octanol–water partition coefficient (Wildman–Crippen LogP) is 0.932. The van der Waals surface area contributed by atoms with Crippen LogP contribution in [0.1, 0.15) is 13.8 Å². The van der Waals surface area contributed by atoms with E-state index in [0.717, 1.165) is 12.4 Å². The number of aliphatic carboxylic acids is 1. The summed E-state index contributed by atoms with van der Waals surface area (Å²) in [6.45, 7) is 4.19.